The van der Waals surface area contributed by atoms with Crippen molar-refractivity contribution in [2.45, 2.75) is 19.8 Å². The molecule has 3 rings (SSSR count). The van der Waals surface area contributed by atoms with Crippen LogP contribution >= 0.6 is 11.3 Å². The SMILES string of the molecule is Cc1ccc(-c2ccsc2C(=O)N2CCCC(C(=O)NCCN)C2)cc1. The van der Waals surface area contributed by atoms with E-state index in [1.807, 2.05) is 35.4 Å². The van der Waals surface area contributed by atoms with Gasteiger partial charge in [0.25, 0.3) is 5.91 Å². The first-order valence-corrected chi connectivity index (χ1v) is 9.89. The van der Waals surface area contributed by atoms with E-state index in [4.69, 9.17) is 5.73 Å². The smallest absolute Gasteiger partial charge is 0.264 e. The Morgan fingerprint density at radius 3 is 2.77 bits per heavy atom. The van der Waals surface area contributed by atoms with E-state index < -0.39 is 0 Å². The molecule has 1 fully saturated rings. The first kappa shape index (κ1) is 18.6. The molecule has 2 amide bonds. The molecule has 6 heteroatoms. The zero-order chi connectivity index (χ0) is 18.5. The molecule has 1 atom stereocenters. The fourth-order valence-electron chi connectivity index (χ4n) is 3.29. The molecular formula is C20H25N3O2S. The number of hydrogen-bond acceptors (Lipinski definition) is 4. The maximum absolute atomic E-state index is 13.1. The number of carbonyl (C=O) groups excluding carboxylic acids is 2. The van der Waals surface area contributed by atoms with Gasteiger partial charge in [0, 0.05) is 31.7 Å². The van der Waals surface area contributed by atoms with E-state index in [9.17, 15) is 9.59 Å². The van der Waals surface area contributed by atoms with Gasteiger partial charge in [-0.25, -0.2) is 0 Å². The Morgan fingerprint density at radius 1 is 1.27 bits per heavy atom. The van der Waals surface area contributed by atoms with Gasteiger partial charge in [0.05, 0.1) is 10.8 Å². The minimum atomic E-state index is -0.151. The highest BCUT2D eigenvalue weighted by Crippen LogP contribution is 2.31. The lowest BCUT2D eigenvalue weighted by Gasteiger charge is -2.32. The minimum absolute atomic E-state index is 0.00196. The molecule has 5 nitrogen and oxygen atoms in total. The highest BCUT2D eigenvalue weighted by atomic mass is 32.1. The normalized spacial score (nSPS) is 17.2. The zero-order valence-electron chi connectivity index (χ0n) is 15.0. The third kappa shape index (κ3) is 4.14. The van der Waals surface area contributed by atoms with Crippen molar-refractivity contribution in [3.8, 4) is 11.1 Å². The van der Waals surface area contributed by atoms with Crippen LogP contribution in [0.5, 0.6) is 0 Å². The van der Waals surface area contributed by atoms with Crippen LogP contribution in [0.4, 0.5) is 0 Å². The van der Waals surface area contributed by atoms with E-state index in [0.29, 0.717) is 26.2 Å². The molecule has 26 heavy (non-hydrogen) atoms. The molecular weight excluding hydrogens is 346 g/mol. The molecule has 2 aromatic rings. The molecule has 3 N–H and O–H groups in total. The standard InChI is InChI=1S/C20H25N3O2S/c1-14-4-6-15(7-5-14)17-8-12-26-18(17)20(25)23-11-2-3-16(13-23)19(24)22-10-9-21/h4-8,12,16H,2-3,9-11,13,21H2,1H3,(H,22,24). The number of aryl methyl sites for hydroxylation is 1. The molecule has 0 saturated carbocycles. The molecule has 1 saturated heterocycles. The molecule has 0 radical (unpaired) electrons. The van der Waals surface area contributed by atoms with Crippen LogP contribution in [0.3, 0.4) is 0 Å². The third-order valence-electron chi connectivity index (χ3n) is 4.75. The van der Waals surface area contributed by atoms with Gasteiger partial charge in [0.1, 0.15) is 0 Å². The fraction of sp³-hybridized carbons (Fsp3) is 0.400. The van der Waals surface area contributed by atoms with Crippen molar-refractivity contribution in [1.82, 2.24) is 10.2 Å². The molecule has 1 aliphatic rings. The number of nitrogens with two attached hydrogens (primary N) is 1. The fourth-order valence-corrected chi connectivity index (χ4v) is 4.18. The maximum Gasteiger partial charge on any atom is 0.264 e. The summed E-state index contributed by atoms with van der Waals surface area (Å²) in [5.74, 6) is -0.133. The summed E-state index contributed by atoms with van der Waals surface area (Å²) in [6.07, 6.45) is 1.66. The predicted octanol–water partition coefficient (Wildman–Crippen LogP) is 2.65. The molecule has 0 spiro atoms. The Morgan fingerprint density at radius 2 is 2.04 bits per heavy atom. The van der Waals surface area contributed by atoms with E-state index in [1.54, 1.807) is 0 Å². The Labute approximate surface area is 158 Å². The lowest BCUT2D eigenvalue weighted by atomic mass is 9.96. The Kier molecular flexibility index (Phi) is 6.06. The van der Waals surface area contributed by atoms with Gasteiger partial charge < -0.3 is 16.0 Å². The average molecular weight is 372 g/mol. The molecule has 1 aliphatic heterocycles. The van der Waals surface area contributed by atoms with Crippen molar-refractivity contribution < 1.29 is 9.59 Å². The molecule has 0 bridgehead atoms. The summed E-state index contributed by atoms with van der Waals surface area (Å²) in [6.45, 7) is 4.13. The number of likely N-dealkylation sites (tertiary alicyclic amines) is 1. The van der Waals surface area contributed by atoms with Crippen molar-refractivity contribution in [3.05, 3.63) is 46.2 Å². The van der Waals surface area contributed by atoms with E-state index in [2.05, 4.69) is 17.4 Å². The van der Waals surface area contributed by atoms with Gasteiger partial charge in [0.2, 0.25) is 5.91 Å². The number of nitrogens with zero attached hydrogens (tertiary/aromatic N) is 1. The molecule has 0 aliphatic carbocycles. The monoisotopic (exact) mass is 371 g/mol. The second-order valence-corrected chi connectivity index (χ2v) is 7.62. The van der Waals surface area contributed by atoms with Gasteiger partial charge in [-0.1, -0.05) is 29.8 Å². The summed E-state index contributed by atoms with van der Waals surface area (Å²) in [4.78, 5) is 27.9. The van der Waals surface area contributed by atoms with Gasteiger partial charge in [-0.15, -0.1) is 11.3 Å². The van der Waals surface area contributed by atoms with Crippen molar-refractivity contribution >= 4 is 23.2 Å². The Hall–Kier alpha value is -2.18. The van der Waals surface area contributed by atoms with Crippen LogP contribution < -0.4 is 11.1 Å². The van der Waals surface area contributed by atoms with Gasteiger partial charge in [-0.2, -0.15) is 0 Å². The quantitative estimate of drug-likeness (QED) is 0.848. The molecule has 1 aromatic heterocycles. The highest BCUT2D eigenvalue weighted by molar-refractivity contribution is 7.12. The highest BCUT2D eigenvalue weighted by Gasteiger charge is 2.30. The topological polar surface area (TPSA) is 75.4 Å². The average Bonchev–Trinajstić information content (AvgIpc) is 3.16. The van der Waals surface area contributed by atoms with E-state index in [0.717, 1.165) is 28.8 Å². The van der Waals surface area contributed by atoms with Crippen molar-refractivity contribution in [2.24, 2.45) is 11.7 Å². The largest absolute Gasteiger partial charge is 0.355 e. The summed E-state index contributed by atoms with van der Waals surface area (Å²) in [5, 5.41) is 4.80. The van der Waals surface area contributed by atoms with Gasteiger partial charge in [-0.3, -0.25) is 9.59 Å². The second-order valence-electron chi connectivity index (χ2n) is 6.70. The molecule has 1 unspecified atom stereocenters. The lowest BCUT2D eigenvalue weighted by molar-refractivity contribution is -0.126. The summed E-state index contributed by atoms with van der Waals surface area (Å²) >= 11 is 1.47. The Bertz CT molecular complexity index is 770. The number of piperidine rings is 1. The van der Waals surface area contributed by atoms with E-state index >= 15 is 0 Å². The number of rotatable bonds is 5. The van der Waals surface area contributed by atoms with Crippen LogP contribution in [0.2, 0.25) is 0 Å². The number of amides is 2. The van der Waals surface area contributed by atoms with Crippen LogP contribution in [0, 0.1) is 12.8 Å². The molecule has 1 aromatic carbocycles. The van der Waals surface area contributed by atoms with Crippen molar-refractivity contribution in [2.75, 3.05) is 26.2 Å². The number of benzene rings is 1. The van der Waals surface area contributed by atoms with Crippen LogP contribution in [0.25, 0.3) is 11.1 Å². The number of nitrogens with one attached hydrogen (secondary N) is 1. The first-order chi connectivity index (χ1) is 12.6. The predicted molar refractivity (Wildman–Crippen MR) is 105 cm³/mol. The summed E-state index contributed by atoms with van der Waals surface area (Å²) in [7, 11) is 0. The van der Waals surface area contributed by atoms with E-state index in [1.165, 1.54) is 16.9 Å². The Balaban J connectivity index is 1.74. The van der Waals surface area contributed by atoms with Gasteiger partial charge >= 0.3 is 0 Å². The number of thiophene rings is 1. The van der Waals surface area contributed by atoms with Crippen LogP contribution in [0.1, 0.15) is 28.1 Å². The summed E-state index contributed by atoms with van der Waals surface area (Å²) in [6, 6.07) is 10.2. The molecule has 2 heterocycles. The van der Waals surface area contributed by atoms with E-state index in [-0.39, 0.29) is 17.7 Å². The molecule has 138 valence electrons. The first-order valence-electron chi connectivity index (χ1n) is 9.01. The number of hydrogen-bond donors (Lipinski definition) is 2. The number of carbonyl (C=O) groups is 2. The third-order valence-corrected chi connectivity index (χ3v) is 5.65. The minimum Gasteiger partial charge on any atom is -0.355 e. The van der Waals surface area contributed by atoms with Crippen molar-refractivity contribution in [1.29, 1.82) is 0 Å². The van der Waals surface area contributed by atoms with Gasteiger partial charge in [0.15, 0.2) is 0 Å². The second kappa shape index (κ2) is 8.47. The van der Waals surface area contributed by atoms with Crippen LogP contribution in [-0.4, -0.2) is 42.9 Å². The van der Waals surface area contributed by atoms with Crippen molar-refractivity contribution in [3.63, 3.8) is 0 Å². The van der Waals surface area contributed by atoms with Gasteiger partial charge in [-0.05, 0) is 36.8 Å². The summed E-state index contributed by atoms with van der Waals surface area (Å²) in [5.41, 5.74) is 8.66. The summed E-state index contributed by atoms with van der Waals surface area (Å²) < 4.78 is 0. The lowest BCUT2D eigenvalue weighted by Crippen LogP contribution is -2.46. The van der Waals surface area contributed by atoms with Crippen LogP contribution in [0.15, 0.2) is 35.7 Å². The van der Waals surface area contributed by atoms with Crippen LogP contribution in [-0.2, 0) is 4.79 Å². The maximum atomic E-state index is 13.1. The zero-order valence-corrected chi connectivity index (χ0v) is 15.8.